The van der Waals surface area contributed by atoms with E-state index in [4.69, 9.17) is 15.9 Å². The molecular formula is C19H26N4O7S. The lowest BCUT2D eigenvalue weighted by Gasteiger charge is -2.22. The van der Waals surface area contributed by atoms with Crippen LogP contribution in [0.2, 0.25) is 0 Å². The molecule has 0 aliphatic rings. The van der Waals surface area contributed by atoms with Crippen LogP contribution >= 0.6 is 12.6 Å². The largest absolute Gasteiger partial charge is 0.481 e. The molecule has 0 spiro atoms. The van der Waals surface area contributed by atoms with Crippen molar-refractivity contribution in [1.29, 1.82) is 0 Å². The molecule has 3 amide bonds. The normalized spacial score (nSPS) is 14.4. The van der Waals surface area contributed by atoms with Crippen molar-refractivity contribution in [2.75, 3.05) is 5.75 Å². The highest BCUT2D eigenvalue weighted by Crippen LogP contribution is 2.02. The van der Waals surface area contributed by atoms with Gasteiger partial charge in [0.2, 0.25) is 17.7 Å². The highest BCUT2D eigenvalue weighted by molar-refractivity contribution is 7.80. The third-order valence-corrected chi connectivity index (χ3v) is 4.56. The standard InChI is InChI=1S/C19H26N4O7S/c1-10(21-17(27)12(20)7-11-5-3-2-4-6-11)16(26)23-14(9-31)18(28)22-13(19(29)30)8-15(24)25/h2-6,10,12-14,31H,7-9,20H2,1H3,(H,21,27)(H,22,28)(H,23,26)(H,24,25)(H,29,30). The zero-order chi connectivity index (χ0) is 23.6. The molecular weight excluding hydrogens is 428 g/mol. The molecule has 0 aliphatic carbocycles. The zero-order valence-corrected chi connectivity index (χ0v) is 17.7. The quantitative estimate of drug-likeness (QED) is 0.186. The Morgan fingerprint density at radius 2 is 1.52 bits per heavy atom. The number of amides is 3. The summed E-state index contributed by atoms with van der Waals surface area (Å²) in [6, 6.07) is 4.22. The topological polar surface area (TPSA) is 188 Å². The Bertz CT molecular complexity index is 806. The smallest absolute Gasteiger partial charge is 0.326 e. The molecule has 7 N–H and O–H groups in total. The molecule has 4 atom stereocenters. The van der Waals surface area contributed by atoms with Gasteiger partial charge in [-0.25, -0.2) is 4.79 Å². The minimum atomic E-state index is -1.67. The highest BCUT2D eigenvalue weighted by Gasteiger charge is 2.29. The third kappa shape index (κ3) is 9.05. The van der Waals surface area contributed by atoms with E-state index in [0.717, 1.165) is 5.56 Å². The van der Waals surface area contributed by atoms with Gasteiger partial charge < -0.3 is 31.9 Å². The number of hydrogen-bond acceptors (Lipinski definition) is 7. The van der Waals surface area contributed by atoms with Crippen molar-refractivity contribution in [2.45, 2.75) is 43.9 Å². The molecule has 0 saturated heterocycles. The van der Waals surface area contributed by atoms with E-state index in [1.165, 1.54) is 6.92 Å². The number of carbonyl (C=O) groups excluding carboxylic acids is 3. The number of rotatable bonds is 12. The van der Waals surface area contributed by atoms with Gasteiger partial charge >= 0.3 is 11.9 Å². The zero-order valence-electron chi connectivity index (χ0n) is 16.8. The summed E-state index contributed by atoms with van der Waals surface area (Å²) in [4.78, 5) is 58.6. The molecule has 11 nitrogen and oxygen atoms in total. The molecule has 0 aliphatic heterocycles. The molecule has 1 rings (SSSR count). The van der Waals surface area contributed by atoms with Crippen molar-refractivity contribution >= 4 is 42.3 Å². The van der Waals surface area contributed by atoms with Gasteiger partial charge in [0.1, 0.15) is 18.1 Å². The number of nitrogens with one attached hydrogen (secondary N) is 3. The van der Waals surface area contributed by atoms with Crippen LogP contribution < -0.4 is 21.7 Å². The van der Waals surface area contributed by atoms with Crippen molar-refractivity contribution in [3.05, 3.63) is 35.9 Å². The predicted octanol–water partition coefficient (Wildman–Crippen LogP) is -1.48. The fourth-order valence-electron chi connectivity index (χ4n) is 2.48. The first-order valence-electron chi connectivity index (χ1n) is 9.31. The van der Waals surface area contributed by atoms with Crippen LogP contribution in [0.1, 0.15) is 18.9 Å². The number of carboxylic acids is 2. The minimum absolute atomic E-state index is 0.189. The van der Waals surface area contributed by atoms with Crippen LogP contribution in [0.15, 0.2) is 30.3 Å². The summed E-state index contributed by atoms with van der Waals surface area (Å²) in [5, 5.41) is 24.6. The van der Waals surface area contributed by atoms with Gasteiger partial charge in [-0.15, -0.1) is 0 Å². The van der Waals surface area contributed by atoms with Gasteiger partial charge in [-0.05, 0) is 18.9 Å². The van der Waals surface area contributed by atoms with Gasteiger partial charge in [-0.1, -0.05) is 30.3 Å². The first-order valence-corrected chi connectivity index (χ1v) is 9.94. The van der Waals surface area contributed by atoms with E-state index in [9.17, 15) is 24.0 Å². The van der Waals surface area contributed by atoms with Crippen LogP contribution in [-0.4, -0.2) is 69.8 Å². The van der Waals surface area contributed by atoms with E-state index in [1.807, 2.05) is 35.6 Å². The Kier molecular flexibility index (Phi) is 10.5. The fraction of sp³-hybridized carbons (Fsp3) is 0.421. The SMILES string of the molecule is CC(NC(=O)C(N)Cc1ccccc1)C(=O)NC(CS)C(=O)NC(CC(=O)O)C(=O)O. The lowest BCUT2D eigenvalue weighted by Crippen LogP contribution is -2.57. The molecule has 4 unspecified atom stereocenters. The molecule has 1 aromatic carbocycles. The van der Waals surface area contributed by atoms with E-state index < -0.39 is 60.2 Å². The molecule has 0 saturated carbocycles. The molecule has 0 fully saturated rings. The van der Waals surface area contributed by atoms with Gasteiger partial charge in [0.15, 0.2) is 0 Å². The highest BCUT2D eigenvalue weighted by atomic mass is 32.1. The average Bonchev–Trinajstić information content (AvgIpc) is 2.71. The second-order valence-corrected chi connectivity index (χ2v) is 7.13. The van der Waals surface area contributed by atoms with Gasteiger partial charge in [0.05, 0.1) is 12.5 Å². The first kappa shape index (κ1) is 25.9. The Morgan fingerprint density at radius 3 is 2.03 bits per heavy atom. The van der Waals surface area contributed by atoms with Crippen LogP contribution in [0, 0.1) is 0 Å². The van der Waals surface area contributed by atoms with E-state index >= 15 is 0 Å². The number of thiol groups is 1. The summed E-state index contributed by atoms with van der Waals surface area (Å²) < 4.78 is 0. The van der Waals surface area contributed by atoms with E-state index in [1.54, 1.807) is 0 Å². The lowest BCUT2D eigenvalue weighted by molar-refractivity contribution is -0.147. The molecule has 1 aromatic rings. The van der Waals surface area contributed by atoms with E-state index in [2.05, 4.69) is 23.3 Å². The molecule has 0 radical (unpaired) electrons. The maximum atomic E-state index is 12.3. The van der Waals surface area contributed by atoms with Crippen molar-refractivity contribution in [3.63, 3.8) is 0 Å². The molecule has 31 heavy (non-hydrogen) atoms. The second kappa shape index (κ2) is 12.5. The Morgan fingerprint density at radius 1 is 0.935 bits per heavy atom. The first-order chi connectivity index (χ1) is 14.5. The summed E-state index contributed by atoms with van der Waals surface area (Å²) in [7, 11) is 0. The average molecular weight is 455 g/mol. The predicted molar refractivity (Wildman–Crippen MR) is 113 cm³/mol. The van der Waals surface area contributed by atoms with E-state index in [-0.39, 0.29) is 12.2 Å². The van der Waals surface area contributed by atoms with Crippen LogP contribution in [-0.2, 0) is 30.4 Å². The van der Waals surface area contributed by atoms with Crippen LogP contribution in [0.25, 0.3) is 0 Å². The Balaban J connectivity index is 2.63. The van der Waals surface area contributed by atoms with Gasteiger partial charge in [-0.2, -0.15) is 12.6 Å². The lowest BCUT2D eigenvalue weighted by atomic mass is 10.1. The summed E-state index contributed by atoms with van der Waals surface area (Å²) in [5.41, 5.74) is 6.72. The number of benzene rings is 1. The van der Waals surface area contributed by atoms with Crippen LogP contribution in [0.3, 0.4) is 0 Å². The van der Waals surface area contributed by atoms with Crippen LogP contribution in [0.4, 0.5) is 0 Å². The molecule has 0 aromatic heterocycles. The summed E-state index contributed by atoms with van der Waals surface area (Å²) in [6.07, 6.45) is -0.567. The molecule has 0 bridgehead atoms. The second-order valence-electron chi connectivity index (χ2n) is 6.77. The molecule has 170 valence electrons. The van der Waals surface area contributed by atoms with Crippen molar-refractivity contribution < 1.29 is 34.2 Å². The summed E-state index contributed by atoms with van der Waals surface area (Å²) >= 11 is 3.95. The van der Waals surface area contributed by atoms with Crippen molar-refractivity contribution in [1.82, 2.24) is 16.0 Å². The minimum Gasteiger partial charge on any atom is -0.481 e. The van der Waals surface area contributed by atoms with E-state index in [0.29, 0.717) is 0 Å². The maximum Gasteiger partial charge on any atom is 0.326 e. The van der Waals surface area contributed by atoms with Crippen molar-refractivity contribution in [2.24, 2.45) is 5.73 Å². The number of carboxylic acid groups (broad SMARTS) is 2. The maximum absolute atomic E-state index is 12.3. The Hall–Kier alpha value is -3.12. The van der Waals surface area contributed by atoms with Crippen LogP contribution in [0.5, 0.6) is 0 Å². The number of aliphatic carboxylic acids is 2. The summed E-state index contributed by atoms with van der Waals surface area (Å²) in [6.45, 7) is 1.39. The fourth-order valence-corrected chi connectivity index (χ4v) is 2.74. The number of hydrogen-bond donors (Lipinski definition) is 7. The molecule has 0 heterocycles. The van der Waals surface area contributed by atoms with Crippen molar-refractivity contribution in [3.8, 4) is 0 Å². The van der Waals surface area contributed by atoms with Gasteiger partial charge in [-0.3, -0.25) is 19.2 Å². The number of carbonyl (C=O) groups is 5. The number of nitrogens with two attached hydrogens (primary N) is 1. The third-order valence-electron chi connectivity index (χ3n) is 4.20. The monoisotopic (exact) mass is 454 g/mol. The van der Waals surface area contributed by atoms with Gasteiger partial charge in [0, 0.05) is 5.75 Å². The summed E-state index contributed by atoms with van der Waals surface area (Å²) in [5.74, 6) is -5.34. The molecule has 12 heteroatoms. The van der Waals surface area contributed by atoms with Gasteiger partial charge in [0.25, 0.3) is 0 Å². The Labute approximate surface area is 184 Å².